The maximum absolute atomic E-state index is 13.4. The predicted molar refractivity (Wildman–Crippen MR) is 83.0 cm³/mol. The van der Waals surface area contributed by atoms with Crippen molar-refractivity contribution in [3.05, 3.63) is 46.5 Å². The van der Waals surface area contributed by atoms with E-state index in [0.29, 0.717) is 16.9 Å². The first-order valence-corrected chi connectivity index (χ1v) is 8.12. The summed E-state index contributed by atoms with van der Waals surface area (Å²) in [5, 5.41) is 2.61. The Labute approximate surface area is 131 Å². The highest BCUT2D eigenvalue weighted by Crippen LogP contribution is 2.34. The number of halogens is 1. The fourth-order valence-electron chi connectivity index (χ4n) is 2.74. The number of aromatic nitrogens is 1. The largest absolute Gasteiger partial charge is 0.358 e. The zero-order valence-electron chi connectivity index (χ0n) is 12.3. The number of benzene rings is 1. The number of hydrogen-bond donors (Lipinski definition) is 3. The van der Waals surface area contributed by atoms with Crippen LogP contribution in [-0.4, -0.2) is 23.9 Å². The maximum Gasteiger partial charge on any atom is 0.296 e. The number of amides is 1. The predicted octanol–water partition coefficient (Wildman–Crippen LogP) is 2.51. The zero-order valence-corrected chi connectivity index (χ0v) is 13.1. The van der Waals surface area contributed by atoms with Crippen LogP contribution in [0, 0.1) is 19.7 Å². The maximum atomic E-state index is 13.4. The number of rotatable bonds is 2. The highest BCUT2D eigenvalue weighted by atomic mass is 32.2. The summed E-state index contributed by atoms with van der Waals surface area (Å²) >= 11 is 0. The van der Waals surface area contributed by atoms with E-state index in [2.05, 4.69) is 10.3 Å². The molecule has 0 aliphatic carbocycles. The van der Waals surface area contributed by atoms with Crippen LogP contribution >= 0.6 is 0 Å². The summed E-state index contributed by atoms with van der Waals surface area (Å²) in [4.78, 5) is 14.7. The molecule has 0 spiro atoms. The van der Waals surface area contributed by atoms with E-state index in [-0.39, 0.29) is 21.7 Å². The topological polar surface area (TPSA) is 99.3 Å². The van der Waals surface area contributed by atoms with Crippen molar-refractivity contribution in [3.8, 4) is 0 Å². The van der Waals surface area contributed by atoms with Gasteiger partial charge < -0.3 is 10.3 Å². The Morgan fingerprint density at radius 3 is 2.57 bits per heavy atom. The number of H-pyrrole nitrogens is 1. The summed E-state index contributed by atoms with van der Waals surface area (Å²) in [6.45, 7) is 3.01. The summed E-state index contributed by atoms with van der Waals surface area (Å²) in [7, 11) is -4.38. The second-order valence-corrected chi connectivity index (χ2v) is 6.65. The van der Waals surface area contributed by atoms with E-state index >= 15 is 0 Å². The lowest BCUT2D eigenvalue weighted by molar-refractivity contribution is -0.110. The monoisotopic (exact) mass is 336 g/mol. The third-order valence-corrected chi connectivity index (χ3v) is 4.85. The normalized spacial score (nSPS) is 15.8. The minimum Gasteiger partial charge on any atom is -0.358 e. The van der Waals surface area contributed by atoms with Crippen molar-refractivity contribution in [2.75, 3.05) is 5.32 Å². The standard InChI is InChI=1S/C15H13FN2O4S/c1-7-13(17-8(2)14(7)23(20,21)22)6-11-10-5-9(16)3-4-12(10)18-15(11)19/h3-6,17H,1-2H3,(H,18,19)(H,20,21,22)/b11-6-. The van der Waals surface area contributed by atoms with Crippen molar-refractivity contribution in [3.63, 3.8) is 0 Å². The van der Waals surface area contributed by atoms with Crippen molar-refractivity contribution in [1.29, 1.82) is 0 Å². The Balaban J connectivity index is 2.18. The van der Waals surface area contributed by atoms with Gasteiger partial charge >= 0.3 is 0 Å². The molecule has 3 rings (SSSR count). The summed E-state index contributed by atoms with van der Waals surface area (Å²) < 4.78 is 45.5. The van der Waals surface area contributed by atoms with Crippen molar-refractivity contribution in [1.82, 2.24) is 4.98 Å². The van der Waals surface area contributed by atoms with Crippen molar-refractivity contribution >= 4 is 33.4 Å². The Bertz CT molecular complexity index is 974. The Morgan fingerprint density at radius 1 is 1.26 bits per heavy atom. The smallest absolute Gasteiger partial charge is 0.296 e. The van der Waals surface area contributed by atoms with Crippen LogP contribution in [0.25, 0.3) is 11.6 Å². The molecular weight excluding hydrogens is 323 g/mol. The first kappa shape index (κ1) is 15.4. The van der Waals surface area contributed by atoms with E-state index in [0.717, 1.165) is 0 Å². The molecule has 23 heavy (non-hydrogen) atoms. The first-order chi connectivity index (χ1) is 10.7. The van der Waals surface area contributed by atoms with Gasteiger partial charge in [-0.15, -0.1) is 0 Å². The molecule has 1 aromatic carbocycles. The van der Waals surface area contributed by atoms with Crippen LogP contribution in [0.4, 0.5) is 10.1 Å². The van der Waals surface area contributed by atoms with Gasteiger partial charge in [0.25, 0.3) is 16.0 Å². The molecule has 0 radical (unpaired) electrons. The Hall–Kier alpha value is -2.45. The molecule has 1 amide bonds. The molecule has 0 atom stereocenters. The molecule has 1 aromatic heterocycles. The lowest BCUT2D eigenvalue weighted by Crippen LogP contribution is -2.03. The first-order valence-electron chi connectivity index (χ1n) is 6.68. The van der Waals surface area contributed by atoms with Crippen molar-refractivity contribution in [2.45, 2.75) is 18.7 Å². The minimum atomic E-state index is -4.38. The Kier molecular flexibility index (Phi) is 3.38. The Morgan fingerprint density at radius 2 is 1.96 bits per heavy atom. The van der Waals surface area contributed by atoms with E-state index in [1.807, 2.05) is 0 Å². The second-order valence-electron chi connectivity index (χ2n) is 5.29. The van der Waals surface area contributed by atoms with Gasteiger partial charge in [-0.3, -0.25) is 9.35 Å². The van der Waals surface area contributed by atoms with Gasteiger partial charge in [-0.2, -0.15) is 8.42 Å². The molecule has 0 saturated heterocycles. The molecule has 0 fully saturated rings. The van der Waals surface area contributed by atoms with E-state index in [4.69, 9.17) is 0 Å². The summed E-state index contributed by atoms with van der Waals surface area (Å²) in [6, 6.07) is 3.93. The van der Waals surface area contributed by atoms with Gasteiger partial charge in [0.1, 0.15) is 10.7 Å². The third kappa shape index (κ3) is 2.55. The number of anilines is 1. The van der Waals surface area contributed by atoms with Gasteiger partial charge in [0, 0.05) is 22.6 Å². The summed E-state index contributed by atoms with van der Waals surface area (Å²) in [6.07, 6.45) is 1.44. The molecule has 120 valence electrons. The highest BCUT2D eigenvalue weighted by Gasteiger charge is 2.26. The molecule has 2 aromatic rings. The average Bonchev–Trinajstić information content (AvgIpc) is 2.88. The van der Waals surface area contributed by atoms with Crippen LogP contribution < -0.4 is 5.32 Å². The summed E-state index contributed by atoms with van der Waals surface area (Å²) in [5.41, 5.74) is 2.00. The number of nitrogens with one attached hydrogen (secondary N) is 2. The molecule has 6 nitrogen and oxygen atoms in total. The quantitative estimate of drug-likeness (QED) is 0.579. The molecule has 3 N–H and O–H groups in total. The van der Waals surface area contributed by atoms with Gasteiger partial charge in [0.05, 0.1) is 5.57 Å². The van der Waals surface area contributed by atoms with Crippen LogP contribution in [0.5, 0.6) is 0 Å². The molecule has 1 aliphatic rings. The number of carbonyl (C=O) groups is 1. The third-order valence-electron chi connectivity index (χ3n) is 3.72. The molecule has 0 saturated carbocycles. The number of hydrogen-bond acceptors (Lipinski definition) is 3. The number of aryl methyl sites for hydroxylation is 1. The molecule has 8 heteroatoms. The fraction of sp³-hybridized carbons (Fsp3) is 0.133. The van der Waals surface area contributed by atoms with Crippen LogP contribution in [0.1, 0.15) is 22.5 Å². The van der Waals surface area contributed by atoms with E-state index in [1.54, 1.807) is 0 Å². The number of aromatic amines is 1. The molecule has 1 aliphatic heterocycles. The second kappa shape index (κ2) is 5.04. The van der Waals surface area contributed by atoms with Crippen LogP contribution in [0.2, 0.25) is 0 Å². The fourth-order valence-corrected chi connectivity index (χ4v) is 3.67. The van der Waals surface area contributed by atoms with Crippen molar-refractivity contribution < 1.29 is 22.2 Å². The molecule has 0 bridgehead atoms. The van der Waals surface area contributed by atoms with E-state index < -0.39 is 21.8 Å². The molecule has 0 unspecified atom stereocenters. The van der Waals surface area contributed by atoms with Gasteiger partial charge in [-0.25, -0.2) is 4.39 Å². The van der Waals surface area contributed by atoms with E-state index in [1.165, 1.54) is 38.1 Å². The molecule has 2 heterocycles. The van der Waals surface area contributed by atoms with Gasteiger partial charge in [-0.1, -0.05) is 0 Å². The lowest BCUT2D eigenvalue weighted by atomic mass is 10.1. The van der Waals surface area contributed by atoms with Gasteiger partial charge in [0.2, 0.25) is 0 Å². The highest BCUT2D eigenvalue weighted by molar-refractivity contribution is 7.86. The van der Waals surface area contributed by atoms with Gasteiger partial charge in [-0.05, 0) is 43.7 Å². The minimum absolute atomic E-state index is 0.214. The van der Waals surface area contributed by atoms with Crippen LogP contribution in [0.15, 0.2) is 23.1 Å². The molecular formula is C15H13FN2O4S. The summed E-state index contributed by atoms with van der Waals surface area (Å²) in [5.74, 6) is -0.894. The van der Waals surface area contributed by atoms with Gasteiger partial charge in [0.15, 0.2) is 0 Å². The SMILES string of the molecule is Cc1[nH]c(/C=C2\C(=O)Nc3ccc(F)cc32)c(C)c1S(=O)(=O)O. The lowest BCUT2D eigenvalue weighted by Gasteiger charge is -1.99. The number of carbonyl (C=O) groups excluding carboxylic acids is 1. The number of fused-ring (bicyclic) bond motifs is 1. The van der Waals surface area contributed by atoms with Crippen LogP contribution in [-0.2, 0) is 14.9 Å². The van der Waals surface area contributed by atoms with Crippen molar-refractivity contribution in [2.24, 2.45) is 0 Å². The van der Waals surface area contributed by atoms with Crippen LogP contribution in [0.3, 0.4) is 0 Å². The van der Waals surface area contributed by atoms with E-state index in [9.17, 15) is 22.2 Å². The average molecular weight is 336 g/mol. The zero-order chi connectivity index (χ0) is 16.9.